The summed E-state index contributed by atoms with van der Waals surface area (Å²) in [6, 6.07) is 0. The summed E-state index contributed by atoms with van der Waals surface area (Å²) in [6.45, 7) is -0.0831. The van der Waals surface area contributed by atoms with Gasteiger partial charge in [0.25, 0.3) is 0 Å². The molecule has 0 aromatic heterocycles. The maximum absolute atomic E-state index is 9.79. The van der Waals surface area contributed by atoms with Gasteiger partial charge in [0.05, 0.1) is 6.61 Å². The highest BCUT2D eigenvalue weighted by Crippen LogP contribution is 2.50. The first-order valence-corrected chi connectivity index (χ1v) is 9.70. The van der Waals surface area contributed by atoms with E-state index in [0.717, 1.165) is 51.4 Å². The molecule has 5 rings (SSSR count). The lowest BCUT2D eigenvalue weighted by Gasteiger charge is -2.36. The second-order valence-corrected chi connectivity index (χ2v) is 8.03. The fraction of sp³-hybridized carbons (Fsp3) is 1.00. The monoisotopic (exact) mass is 340 g/mol. The van der Waals surface area contributed by atoms with Gasteiger partial charge >= 0.3 is 0 Å². The van der Waals surface area contributed by atoms with Crippen molar-refractivity contribution in [3.63, 3.8) is 0 Å². The molecule has 3 saturated heterocycles. The summed E-state index contributed by atoms with van der Waals surface area (Å²) in [5.41, 5.74) is 0. The molecule has 0 unspecified atom stereocenters. The van der Waals surface area contributed by atoms with Crippen LogP contribution in [0.2, 0.25) is 0 Å². The zero-order valence-electron chi connectivity index (χ0n) is 14.2. The van der Waals surface area contributed by atoms with E-state index in [-0.39, 0.29) is 24.9 Å². The predicted molar refractivity (Wildman–Crippen MR) is 83.1 cm³/mol. The predicted octanol–water partition coefficient (Wildman–Crippen LogP) is 2.22. The molecular formula is C18H28O6. The second kappa shape index (κ2) is 5.89. The topological polar surface area (TPSA) is 66.4 Å². The zero-order chi connectivity index (χ0) is 16.2. The van der Waals surface area contributed by atoms with Crippen molar-refractivity contribution in [2.24, 2.45) is 0 Å². The summed E-state index contributed by atoms with van der Waals surface area (Å²) in [4.78, 5) is 0. The lowest BCUT2D eigenvalue weighted by Crippen LogP contribution is -2.56. The van der Waals surface area contributed by atoms with Crippen LogP contribution in [0.3, 0.4) is 0 Å². The highest BCUT2D eigenvalue weighted by molar-refractivity contribution is 5.02. The van der Waals surface area contributed by atoms with E-state index < -0.39 is 24.0 Å². The average molecular weight is 340 g/mol. The van der Waals surface area contributed by atoms with Gasteiger partial charge in [-0.3, -0.25) is 0 Å². The van der Waals surface area contributed by atoms with Crippen LogP contribution in [-0.4, -0.2) is 54.0 Å². The minimum absolute atomic E-state index is 0.0831. The van der Waals surface area contributed by atoms with Gasteiger partial charge in [0.15, 0.2) is 17.9 Å². The van der Waals surface area contributed by atoms with Crippen molar-refractivity contribution in [1.82, 2.24) is 0 Å². The Kier molecular flexibility index (Phi) is 3.92. The van der Waals surface area contributed by atoms with Gasteiger partial charge in [0.1, 0.15) is 24.4 Å². The Morgan fingerprint density at radius 2 is 1.21 bits per heavy atom. The summed E-state index contributed by atoms with van der Waals surface area (Å²) in [5, 5.41) is 9.79. The molecule has 5 atom stereocenters. The fourth-order valence-electron chi connectivity index (χ4n) is 5.19. The summed E-state index contributed by atoms with van der Waals surface area (Å²) >= 11 is 0. The molecule has 24 heavy (non-hydrogen) atoms. The van der Waals surface area contributed by atoms with Gasteiger partial charge in [-0.25, -0.2) is 0 Å². The number of aliphatic hydroxyl groups is 1. The molecule has 6 nitrogen and oxygen atoms in total. The van der Waals surface area contributed by atoms with Crippen LogP contribution in [0.25, 0.3) is 0 Å². The minimum Gasteiger partial charge on any atom is -0.394 e. The van der Waals surface area contributed by atoms with Gasteiger partial charge in [-0.1, -0.05) is 12.8 Å². The van der Waals surface area contributed by atoms with E-state index in [4.69, 9.17) is 23.7 Å². The third-order valence-electron chi connectivity index (χ3n) is 6.39. The van der Waals surface area contributed by atoms with Crippen LogP contribution in [-0.2, 0) is 23.7 Å². The SMILES string of the molecule is OC[C@@H]1O[C@@H]2OC3(CCCCC3)O[C@@H]2[C@@H]2OC3(CCCCC3)O[C@H]21. The van der Waals surface area contributed by atoms with E-state index >= 15 is 0 Å². The quantitative estimate of drug-likeness (QED) is 0.789. The van der Waals surface area contributed by atoms with Crippen molar-refractivity contribution in [2.45, 2.75) is 106 Å². The molecule has 3 heterocycles. The number of hydrogen-bond donors (Lipinski definition) is 1. The smallest absolute Gasteiger partial charge is 0.190 e. The van der Waals surface area contributed by atoms with Crippen molar-refractivity contribution < 1.29 is 28.8 Å². The molecule has 0 amide bonds. The van der Waals surface area contributed by atoms with Crippen LogP contribution in [0.1, 0.15) is 64.2 Å². The van der Waals surface area contributed by atoms with Crippen molar-refractivity contribution in [2.75, 3.05) is 6.61 Å². The summed E-state index contributed by atoms with van der Waals surface area (Å²) in [7, 11) is 0. The van der Waals surface area contributed by atoms with Crippen LogP contribution >= 0.6 is 0 Å². The minimum atomic E-state index is -0.520. The number of hydrogen-bond acceptors (Lipinski definition) is 6. The van der Waals surface area contributed by atoms with Gasteiger partial charge in [-0.05, 0) is 25.7 Å². The Balaban J connectivity index is 1.40. The highest BCUT2D eigenvalue weighted by atomic mass is 16.9. The van der Waals surface area contributed by atoms with Gasteiger partial charge < -0.3 is 28.8 Å². The molecule has 2 spiro atoms. The molecule has 1 N–H and O–H groups in total. The standard InChI is InChI=1S/C18H28O6/c19-11-12-13-14(22-17(21-13)7-3-1-4-8-17)15-16(20-12)24-18(23-15)9-5-2-6-10-18/h12-16,19H,1-11H2/t12-,13-,14+,15+,16+/m0/s1. The van der Waals surface area contributed by atoms with Crippen molar-refractivity contribution in [3.05, 3.63) is 0 Å². The molecule has 136 valence electrons. The Morgan fingerprint density at radius 1 is 0.667 bits per heavy atom. The van der Waals surface area contributed by atoms with Crippen LogP contribution < -0.4 is 0 Å². The summed E-state index contributed by atoms with van der Waals surface area (Å²) in [5.74, 6) is -1.03. The number of rotatable bonds is 1. The van der Waals surface area contributed by atoms with E-state index in [0.29, 0.717) is 0 Å². The van der Waals surface area contributed by atoms with Gasteiger partial charge in [0.2, 0.25) is 0 Å². The third kappa shape index (κ3) is 2.46. The van der Waals surface area contributed by atoms with Crippen LogP contribution in [0.4, 0.5) is 0 Å². The first kappa shape index (κ1) is 16.0. The van der Waals surface area contributed by atoms with Crippen molar-refractivity contribution in [1.29, 1.82) is 0 Å². The number of fused-ring (bicyclic) bond motifs is 3. The van der Waals surface area contributed by atoms with E-state index in [2.05, 4.69) is 0 Å². The highest BCUT2D eigenvalue weighted by Gasteiger charge is 2.63. The molecule has 0 radical (unpaired) electrons. The molecule has 0 bridgehead atoms. The Morgan fingerprint density at radius 3 is 1.83 bits per heavy atom. The van der Waals surface area contributed by atoms with Crippen LogP contribution in [0.15, 0.2) is 0 Å². The molecule has 2 saturated carbocycles. The average Bonchev–Trinajstić information content (AvgIpc) is 3.14. The molecule has 6 heteroatoms. The molecule has 0 aromatic carbocycles. The van der Waals surface area contributed by atoms with Gasteiger partial charge in [-0.2, -0.15) is 0 Å². The molecule has 5 fully saturated rings. The molecule has 3 aliphatic heterocycles. The number of ether oxygens (including phenoxy) is 5. The van der Waals surface area contributed by atoms with E-state index in [1.807, 2.05) is 0 Å². The lowest BCUT2D eigenvalue weighted by atomic mass is 9.94. The van der Waals surface area contributed by atoms with Gasteiger partial charge in [0, 0.05) is 25.7 Å². The molecule has 0 aromatic rings. The van der Waals surface area contributed by atoms with E-state index in [1.165, 1.54) is 12.8 Å². The summed E-state index contributed by atoms with van der Waals surface area (Å²) in [6.07, 6.45) is 9.04. The van der Waals surface area contributed by atoms with Crippen molar-refractivity contribution in [3.8, 4) is 0 Å². The Bertz CT molecular complexity index is 470. The maximum Gasteiger partial charge on any atom is 0.190 e. The van der Waals surface area contributed by atoms with Crippen molar-refractivity contribution >= 4 is 0 Å². The first-order chi connectivity index (χ1) is 11.7. The third-order valence-corrected chi connectivity index (χ3v) is 6.39. The molecule has 5 aliphatic rings. The Hall–Kier alpha value is -0.240. The van der Waals surface area contributed by atoms with E-state index in [1.54, 1.807) is 0 Å². The van der Waals surface area contributed by atoms with Crippen LogP contribution in [0.5, 0.6) is 0 Å². The van der Waals surface area contributed by atoms with Crippen LogP contribution in [0, 0.1) is 0 Å². The largest absolute Gasteiger partial charge is 0.394 e. The molecule has 2 aliphatic carbocycles. The normalized spacial score (nSPS) is 46.1. The lowest BCUT2D eigenvalue weighted by molar-refractivity contribution is -0.254. The first-order valence-electron chi connectivity index (χ1n) is 9.70. The zero-order valence-corrected chi connectivity index (χ0v) is 14.2. The van der Waals surface area contributed by atoms with E-state index in [9.17, 15) is 5.11 Å². The number of aliphatic hydroxyl groups excluding tert-OH is 1. The summed E-state index contributed by atoms with van der Waals surface area (Å²) < 4.78 is 31.4. The Labute approximate surface area is 142 Å². The second-order valence-electron chi connectivity index (χ2n) is 8.03. The molecular weight excluding hydrogens is 312 g/mol. The maximum atomic E-state index is 9.79. The fourth-order valence-corrected chi connectivity index (χ4v) is 5.19. The van der Waals surface area contributed by atoms with Gasteiger partial charge in [-0.15, -0.1) is 0 Å².